The topological polar surface area (TPSA) is 78.7 Å². The summed E-state index contributed by atoms with van der Waals surface area (Å²) < 4.78 is 28.1. The molecular formula is C12H22N4O3S. The van der Waals surface area contributed by atoms with Crippen LogP contribution in [0.25, 0.3) is 0 Å². The molecule has 2 atom stereocenters. The second-order valence-corrected chi connectivity index (χ2v) is 7.43. The lowest BCUT2D eigenvalue weighted by Crippen LogP contribution is -2.35. The van der Waals surface area contributed by atoms with Crippen LogP contribution < -0.4 is 0 Å². The van der Waals surface area contributed by atoms with Crippen molar-refractivity contribution in [2.75, 3.05) is 33.8 Å². The summed E-state index contributed by atoms with van der Waals surface area (Å²) in [7, 11) is 0.444. The Morgan fingerprint density at radius 3 is 2.70 bits per heavy atom. The maximum Gasteiger partial charge on any atom is 0.246 e. The van der Waals surface area contributed by atoms with Crippen molar-refractivity contribution in [2.45, 2.75) is 24.4 Å². The van der Waals surface area contributed by atoms with E-state index in [0.717, 1.165) is 0 Å². The molecule has 114 valence electrons. The van der Waals surface area contributed by atoms with E-state index in [1.54, 1.807) is 0 Å². The highest BCUT2D eigenvalue weighted by Gasteiger charge is 2.38. The molecule has 1 aliphatic heterocycles. The normalized spacial score (nSPS) is 24.6. The van der Waals surface area contributed by atoms with Gasteiger partial charge in [-0.2, -0.15) is 9.40 Å². The molecule has 1 aromatic heterocycles. The van der Waals surface area contributed by atoms with Crippen molar-refractivity contribution in [3.8, 4) is 0 Å². The first-order valence-corrected chi connectivity index (χ1v) is 8.10. The van der Waals surface area contributed by atoms with E-state index in [9.17, 15) is 8.42 Å². The first kappa shape index (κ1) is 15.4. The van der Waals surface area contributed by atoms with Crippen molar-refractivity contribution in [1.82, 2.24) is 19.0 Å². The minimum absolute atomic E-state index is 0.0649. The average molecular weight is 302 g/mol. The van der Waals surface area contributed by atoms with Crippen LogP contribution in [0.1, 0.15) is 6.92 Å². The Hall–Kier alpha value is -0.960. The van der Waals surface area contributed by atoms with E-state index in [1.165, 1.54) is 21.4 Å². The highest BCUT2D eigenvalue weighted by Crippen LogP contribution is 2.26. The predicted molar refractivity (Wildman–Crippen MR) is 74.7 cm³/mol. The van der Waals surface area contributed by atoms with E-state index < -0.39 is 10.0 Å². The van der Waals surface area contributed by atoms with Gasteiger partial charge in [0.1, 0.15) is 4.90 Å². The van der Waals surface area contributed by atoms with Gasteiger partial charge in [0.05, 0.1) is 19.3 Å². The molecule has 1 fully saturated rings. The third kappa shape index (κ3) is 2.88. The molecule has 1 aromatic rings. The molecule has 20 heavy (non-hydrogen) atoms. The van der Waals surface area contributed by atoms with E-state index in [2.05, 4.69) is 16.9 Å². The minimum atomic E-state index is -3.49. The number of sulfonamides is 1. The Labute approximate surface area is 119 Å². The van der Waals surface area contributed by atoms with Crippen LogP contribution in [-0.2, 0) is 16.6 Å². The van der Waals surface area contributed by atoms with Gasteiger partial charge in [0.2, 0.25) is 10.0 Å². The number of hydrogen-bond acceptors (Lipinski definition) is 5. The molecular weight excluding hydrogens is 280 g/mol. The molecule has 0 amide bonds. The van der Waals surface area contributed by atoms with E-state index in [1.807, 2.05) is 14.1 Å². The van der Waals surface area contributed by atoms with E-state index in [0.29, 0.717) is 25.6 Å². The Bertz CT molecular complexity index is 555. The highest BCUT2D eigenvalue weighted by molar-refractivity contribution is 7.89. The number of hydrogen-bond donors (Lipinski definition) is 1. The Morgan fingerprint density at radius 2 is 2.15 bits per heavy atom. The number of aromatic nitrogens is 2. The molecule has 1 N–H and O–H groups in total. The molecule has 1 saturated heterocycles. The lowest BCUT2D eigenvalue weighted by Gasteiger charge is -2.22. The summed E-state index contributed by atoms with van der Waals surface area (Å²) in [6.45, 7) is 3.32. The van der Waals surface area contributed by atoms with Crippen LogP contribution in [-0.4, -0.2) is 72.3 Å². The zero-order valence-corrected chi connectivity index (χ0v) is 12.9. The van der Waals surface area contributed by atoms with Crippen molar-refractivity contribution in [3.05, 3.63) is 12.4 Å². The fourth-order valence-electron chi connectivity index (χ4n) is 2.63. The van der Waals surface area contributed by atoms with Crippen molar-refractivity contribution in [3.63, 3.8) is 0 Å². The second kappa shape index (κ2) is 5.80. The molecule has 2 heterocycles. The van der Waals surface area contributed by atoms with E-state index in [-0.39, 0.29) is 17.5 Å². The van der Waals surface area contributed by atoms with Crippen LogP contribution in [0.5, 0.6) is 0 Å². The Morgan fingerprint density at radius 1 is 1.45 bits per heavy atom. The number of nitrogens with zero attached hydrogens (tertiary/aromatic N) is 4. The van der Waals surface area contributed by atoms with Gasteiger partial charge in [0.25, 0.3) is 0 Å². The van der Waals surface area contributed by atoms with Crippen molar-refractivity contribution in [1.29, 1.82) is 0 Å². The molecule has 8 heteroatoms. The highest BCUT2D eigenvalue weighted by atomic mass is 32.2. The first-order valence-electron chi connectivity index (χ1n) is 6.66. The molecule has 0 spiro atoms. The van der Waals surface area contributed by atoms with Gasteiger partial charge in [-0.05, 0) is 20.0 Å². The van der Waals surface area contributed by atoms with Crippen molar-refractivity contribution in [2.24, 2.45) is 5.92 Å². The van der Waals surface area contributed by atoms with Crippen LogP contribution in [0.2, 0.25) is 0 Å². The summed E-state index contributed by atoms with van der Waals surface area (Å²) in [5, 5.41) is 12.8. The van der Waals surface area contributed by atoms with Gasteiger partial charge in [-0.1, -0.05) is 6.92 Å². The largest absolute Gasteiger partial charge is 0.394 e. The quantitative estimate of drug-likeness (QED) is 0.789. The Balaban J connectivity index is 2.18. The summed E-state index contributed by atoms with van der Waals surface area (Å²) >= 11 is 0. The van der Waals surface area contributed by atoms with Gasteiger partial charge in [0.15, 0.2) is 0 Å². The van der Waals surface area contributed by atoms with Crippen LogP contribution in [0.15, 0.2) is 17.3 Å². The average Bonchev–Trinajstić information content (AvgIpc) is 2.96. The fourth-order valence-corrected chi connectivity index (χ4v) is 4.14. The summed E-state index contributed by atoms with van der Waals surface area (Å²) in [6, 6.07) is 0.234. The molecule has 0 bridgehead atoms. The summed E-state index contributed by atoms with van der Waals surface area (Å²) in [5.74, 6) is 0.298. The van der Waals surface area contributed by atoms with E-state index >= 15 is 0 Å². The van der Waals surface area contributed by atoms with Crippen molar-refractivity contribution < 1.29 is 13.5 Å². The predicted octanol–water partition coefficient (Wildman–Crippen LogP) is -0.554. The van der Waals surface area contributed by atoms with E-state index in [4.69, 9.17) is 5.11 Å². The monoisotopic (exact) mass is 302 g/mol. The van der Waals surface area contributed by atoms with Gasteiger partial charge in [-0.3, -0.25) is 4.68 Å². The SMILES string of the molecule is CC1CN(S(=O)(=O)c2cnn(CCO)c2)CC1N(C)C. The zero-order valence-electron chi connectivity index (χ0n) is 12.1. The van der Waals surface area contributed by atoms with Crippen LogP contribution in [0.4, 0.5) is 0 Å². The standard InChI is InChI=1S/C12H22N4O3S/c1-10-7-16(9-12(10)14(2)3)20(18,19)11-6-13-15(8-11)4-5-17/h6,8,10,12,17H,4-5,7,9H2,1-3H3. The molecule has 0 radical (unpaired) electrons. The first-order chi connectivity index (χ1) is 9.36. The summed E-state index contributed by atoms with van der Waals surface area (Å²) in [4.78, 5) is 2.26. The van der Waals surface area contributed by atoms with Gasteiger partial charge >= 0.3 is 0 Å². The number of aliphatic hydroxyl groups is 1. The summed E-state index contributed by atoms with van der Waals surface area (Å²) in [6.07, 6.45) is 2.82. The van der Waals surface area contributed by atoms with Gasteiger partial charge < -0.3 is 10.0 Å². The van der Waals surface area contributed by atoms with Gasteiger partial charge in [0, 0.05) is 25.3 Å². The third-order valence-corrected chi connectivity index (χ3v) is 5.56. The maximum atomic E-state index is 12.6. The molecule has 0 saturated carbocycles. The van der Waals surface area contributed by atoms with Crippen molar-refractivity contribution >= 4 is 10.0 Å². The van der Waals surface area contributed by atoms with Crippen LogP contribution in [0.3, 0.4) is 0 Å². The lowest BCUT2D eigenvalue weighted by molar-refractivity contribution is 0.263. The molecule has 1 aliphatic rings. The minimum Gasteiger partial charge on any atom is -0.394 e. The Kier molecular flexibility index (Phi) is 4.48. The fraction of sp³-hybridized carbons (Fsp3) is 0.750. The number of aliphatic hydroxyl groups excluding tert-OH is 1. The number of likely N-dealkylation sites (N-methyl/N-ethyl adjacent to an activating group) is 1. The smallest absolute Gasteiger partial charge is 0.246 e. The molecule has 7 nitrogen and oxygen atoms in total. The molecule has 2 unspecified atom stereocenters. The van der Waals surface area contributed by atoms with Crippen LogP contribution >= 0.6 is 0 Å². The zero-order chi connectivity index (χ0) is 14.9. The molecule has 2 rings (SSSR count). The van der Waals surface area contributed by atoms with Gasteiger partial charge in [-0.15, -0.1) is 0 Å². The van der Waals surface area contributed by atoms with Crippen LogP contribution in [0, 0.1) is 5.92 Å². The van der Waals surface area contributed by atoms with Gasteiger partial charge in [-0.25, -0.2) is 8.42 Å². The maximum absolute atomic E-state index is 12.6. The summed E-state index contributed by atoms with van der Waals surface area (Å²) in [5.41, 5.74) is 0. The lowest BCUT2D eigenvalue weighted by atomic mass is 10.1. The molecule has 0 aromatic carbocycles. The molecule has 0 aliphatic carbocycles. The second-order valence-electron chi connectivity index (χ2n) is 5.49. The third-order valence-electron chi connectivity index (χ3n) is 3.78. The number of rotatable bonds is 5.